The summed E-state index contributed by atoms with van der Waals surface area (Å²) in [5, 5.41) is 6.15. The van der Waals surface area contributed by atoms with Crippen molar-refractivity contribution in [2.75, 3.05) is 39.2 Å². The smallest absolute Gasteiger partial charge is 0.269 e. The summed E-state index contributed by atoms with van der Waals surface area (Å²) in [7, 11) is 3.32. The molecule has 134 valence electrons. The quantitative estimate of drug-likeness (QED) is 0.649. The van der Waals surface area contributed by atoms with Gasteiger partial charge < -0.3 is 20.1 Å². The highest BCUT2D eigenvalue weighted by Gasteiger charge is 2.07. The number of anilines is 1. The van der Waals surface area contributed by atoms with Crippen LogP contribution < -0.4 is 15.4 Å². The second-order valence-corrected chi connectivity index (χ2v) is 5.52. The Kier molecular flexibility index (Phi) is 7.72. The molecule has 1 amide bonds. The highest BCUT2D eigenvalue weighted by molar-refractivity contribution is 5.93. The fourth-order valence-corrected chi connectivity index (χ4v) is 2.42. The van der Waals surface area contributed by atoms with Crippen molar-refractivity contribution < 1.29 is 14.3 Å². The van der Waals surface area contributed by atoms with Crippen LogP contribution in [0.4, 0.5) is 5.69 Å². The normalized spacial score (nSPS) is 10.3. The molecule has 1 aromatic carbocycles. The van der Waals surface area contributed by atoms with Crippen LogP contribution in [-0.4, -0.2) is 44.8 Å². The van der Waals surface area contributed by atoms with Crippen molar-refractivity contribution in [2.45, 2.75) is 12.8 Å². The van der Waals surface area contributed by atoms with E-state index in [1.54, 1.807) is 26.5 Å². The third-order valence-electron chi connectivity index (χ3n) is 3.72. The second kappa shape index (κ2) is 10.3. The molecule has 1 aromatic heterocycles. The van der Waals surface area contributed by atoms with Gasteiger partial charge in [0.2, 0.25) is 0 Å². The van der Waals surface area contributed by atoms with Crippen LogP contribution in [0.25, 0.3) is 0 Å². The van der Waals surface area contributed by atoms with Gasteiger partial charge in [-0.1, -0.05) is 18.2 Å². The van der Waals surface area contributed by atoms with E-state index in [4.69, 9.17) is 9.47 Å². The molecule has 0 bridgehead atoms. The summed E-state index contributed by atoms with van der Waals surface area (Å²) < 4.78 is 10.3. The van der Waals surface area contributed by atoms with Crippen molar-refractivity contribution >= 4 is 11.6 Å². The van der Waals surface area contributed by atoms with E-state index >= 15 is 0 Å². The van der Waals surface area contributed by atoms with Gasteiger partial charge in [0, 0.05) is 38.7 Å². The molecule has 25 heavy (non-hydrogen) atoms. The number of nitrogens with one attached hydrogen (secondary N) is 2. The Bertz CT molecular complexity index is 676. The fraction of sp³-hybridized carbons (Fsp3) is 0.368. The van der Waals surface area contributed by atoms with E-state index in [-0.39, 0.29) is 5.91 Å². The predicted molar refractivity (Wildman–Crippen MR) is 98.3 cm³/mol. The number of ether oxygens (including phenoxy) is 2. The van der Waals surface area contributed by atoms with E-state index in [0.29, 0.717) is 18.8 Å². The van der Waals surface area contributed by atoms with Gasteiger partial charge in [-0.2, -0.15) is 0 Å². The SMILES string of the molecule is COCCCNC(=O)c1cc(NCCc2ccccc2OC)ccn1. The largest absolute Gasteiger partial charge is 0.496 e. The van der Waals surface area contributed by atoms with Gasteiger partial charge in [0.1, 0.15) is 11.4 Å². The average Bonchev–Trinajstić information content (AvgIpc) is 2.65. The molecule has 0 aliphatic carbocycles. The number of carbonyl (C=O) groups is 1. The molecule has 0 unspecified atom stereocenters. The third-order valence-corrected chi connectivity index (χ3v) is 3.72. The highest BCUT2D eigenvalue weighted by Crippen LogP contribution is 2.18. The van der Waals surface area contributed by atoms with E-state index in [1.807, 2.05) is 30.3 Å². The molecule has 0 spiro atoms. The first-order valence-corrected chi connectivity index (χ1v) is 8.33. The van der Waals surface area contributed by atoms with Crippen molar-refractivity contribution in [1.82, 2.24) is 10.3 Å². The number of rotatable bonds is 10. The molecule has 0 saturated carbocycles. The van der Waals surface area contributed by atoms with Crippen LogP contribution in [0.15, 0.2) is 42.6 Å². The predicted octanol–water partition coefficient (Wildman–Crippen LogP) is 2.51. The molecule has 6 heteroatoms. The number of nitrogens with zero attached hydrogens (tertiary/aromatic N) is 1. The summed E-state index contributed by atoms with van der Waals surface area (Å²) >= 11 is 0. The number of benzene rings is 1. The average molecular weight is 343 g/mol. The summed E-state index contributed by atoms with van der Waals surface area (Å²) in [5.74, 6) is 0.708. The van der Waals surface area contributed by atoms with Crippen LogP contribution in [-0.2, 0) is 11.2 Å². The molecule has 6 nitrogen and oxygen atoms in total. The Morgan fingerprint density at radius 2 is 2.00 bits per heavy atom. The van der Waals surface area contributed by atoms with Crippen LogP contribution >= 0.6 is 0 Å². The van der Waals surface area contributed by atoms with Gasteiger partial charge in [0.25, 0.3) is 5.91 Å². The minimum Gasteiger partial charge on any atom is -0.496 e. The zero-order chi connectivity index (χ0) is 17.9. The maximum Gasteiger partial charge on any atom is 0.269 e. The van der Waals surface area contributed by atoms with Crippen LogP contribution in [0.3, 0.4) is 0 Å². The lowest BCUT2D eigenvalue weighted by Gasteiger charge is -2.10. The molecular weight excluding hydrogens is 318 g/mol. The maximum atomic E-state index is 12.1. The van der Waals surface area contributed by atoms with E-state index in [2.05, 4.69) is 15.6 Å². The number of para-hydroxylation sites is 1. The number of amides is 1. The van der Waals surface area contributed by atoms with Crippen molar-refractivity contribution in [3.05, 3.63) is 53.9 Å². The molecular formula is C19H25N3O3. The first-order chi connectivity index (χ1) is 12.2. The number of hydrogen-bond donors (Lipinski definition) is 2. The van der Waals surface area contributed by atoms with Crippen LogP contribution in [0, 0.1) is 0 Å². The minimum absolute atomic E-state index is 0.176. The van der Waals surface area contributed by atoms with Crippen LogP contribution in [0.2, 0.25) is 0 Å². The second-order valence-electron chi connectivity index (χ2n) is 5.52. The topological polar surface area (TPSA) is 72.5 Å². The van der Waals surface area contributed by atoms with Gasteiger partial charge in [-0.3, -0.25) is 9.78 Å². The standard InChI is InChI=1S/C19H25N3O3/c1-24-13-5-10-22-19(23)17-14-16(9-12-21-17)20-11-8-15-6-3-4-7-18(15)25-2/h3-4,6-7,9,12,14H,5,8,10-11,13H2,1-2H3,(H,20,21)(H,22,23). The lowest BCUT2D eigenvalue weighted by Crippen LogP contribution is -2.26. The van der Waals surface area contributed by atoms with Crippen molar-refractivity contribution in [1.29, 1.82) is 0 Å². The Hall–Kier alpha value is -2.60. The van der Waals surface area contributed by atoms with Gasteiger partial charge in [-0.25, -0.2) is 0 Å². The number of hydrogen-bond acceptors (Lipinski definition) is 5. The Balaban J connectivity index is 1.85. The summed E-state index contributed by atoms with van der Waals surface area (Å²) in [5.41, 5.74) is 2.41. The number of aromatic nitrogens is 1. The summed E-state index contributed by atoms with van der Waals surface area (Å²) in [6.07, 6.45) is 3.24. The van der Waals surface area contributed by atoms with Crippen LogP contribution in [0.5, 0.6) is 5.75 Å². The van der Waals surface area contributed by atoms with Crippen molar-refractivity contribution in [3.63, 3.8) is 0 Å². The van der Waals surface area contributed by atoms with Gasteiger partial charge in [0.15, 0.2) is 0 Å². The molecule has 0 atom stereocenters. The molecule has 0 aliphatic heterocycles. The third kappa shape index (κ3) is 6.08. The van der Waals surface area contributed by atoms with Crippen molar-refractivity contribution in [2.24, 2.45) is 0 Å². The first-order valence-electron chi connectivity index (χ1n) is 8.33. The molecule has 0 saturated heterocycles. The monoisotopic (exact) mass is 343 g/mol. The molecule has 0 aliphatic rings. The molecule has 2 aromatic rings. The molecule has 1 heterocycles. The minimum atomic E-state index is -0.176. The molecule has 2 rings (SSSR count). The zero-order valence-corrected chi connectivity index (χ0v) is 14.7. The van der Waals surface area contributed by atoms with E-state index < -0.39 is 0 Å². The van der Waals surface area contributed by atoms with Gasteiger partial charge in [0.05, 0.1) is 7.11 Å². The highest BCUT2D eigenvalue weighted by atomic mass is 16.5. The molecule has 0 radical (unpaired) electrons. The summed E-state index contributed by atoms with van der Waals surface area (Å²) in [6, 6.07) is 11.6. The number of methoxy groups -OCH3 is 2. The van der Waals surface area contributed by atoms with E-state index in [1.165, 1.54) is 0 Å². The number of carbonyl (C=O) groups excluding carboxylic acids is 1. The lowest BCUT2D eigenvalue weighted by atomic mass is 10.1. The Labute approximate surface area is 148 Å². The van der Waals surface area contributed by atoms with Gasteiger partial charge >= 0.3 is 0 Å². The lowest BCUT2D eigenvalue weighted by molar-refractivity contribution is 0.0943. The van der Waals surface area contributed by atoms with E-state index in [9.17, 15) is 4.79 Å². The van der Waals surface area contributed by atoms with Crippen LogP contribution in [0.1, 0.15) is 22.5 Å². The molecule has 2 N–H and O–H groups in total. The first kappa shape index (κ1) is 18.7. The molecule has 0 fully saturated rings. The maximum absolute atomic E-state index is 12.1. The van der Waals surface area contributed by atoms with E-state index in [0.717, 1.165) is 36.4 Å². The summed E-state index contributed by atoms with van der Waals surface area (Å²) in [4.78, 5) is 16.2. The van der Waals surface area contributed by atoms with Crippen molar-refractivity contribution in [3.8, 4) is 5.75 Å². The Morgan fingerprint density at radius 3 is 2.80 bits per heavy atom. The zero-order valence-electron chi connectivity index (χ0n) is 14.7. The summed E-state index contributed by atoms with van der Waals surface area (Å²) in [6.45, 7) is 1.93. The Morgan fingerprint density at radius 1 is 1.16 bits per heavy atom. The fourth-order valence-electron chi connectivity index (χ4n) is 2.42. The van der Waals surface area contributed by atoms with Gasteiger partial charge in [-0.05, 0) is 36.6 Å². The number of pyridine rings is 1. The van der Waals surface area contributed by atoms with Gasteiger partial charge in [-0.15, -0.1) is 0 Å².